The molecule has 3 heterocycles. The van der Waals surface area contributed by atoms with E-state index < -0.39 is 34.8 Å². The molecule has 1 aromatic heterocycles. The van der Waals surface area contributed by atoms with E-state index in [-0.39, 0.29) is 29.4 Å². The second-order valence-electron chi connectivity index (χ2n) is 6.49. The molecule has 6 nitrogen and oxygen atoms in total. The Balaban J connectivity index is 1.84. The lowest BCUT2D eigenvalue weighted by Gasteiger charge is -2.28. The summed E-state index contributed by atoms with van der Waals surface area (Å²) in [4.78, 5) is 24.7. The maximum Gasteiger partial charge on any atom is 0.270 e. The van der Waals surface area contributed by atoms with Crippen molar-refractivity contribution in [2.24, 2.45) is 0 Å². The lowest BCUT2D eigenvalue weighted by atomic mass is 9.86. The molecule has 1 saturated heterocycles. The second kappa shape index (κ2) is 6.31. The molecule has 1 amide bonds. The number of carbonyl (C=O) groups is 1. The number of nitrogens with zero attached hydrogens (tertiary/aromatic N) is 1. The number of H-pyrrole nitrogens is 1. The fourth-order valence-corrected chi connectivity index (χ4v) is 3.68. The molecule has 1 fully saturated rings. The molecule has 0 radical (unpaired) electrons. The molecule has 4 rings (SSSR count). The van der Waals surface area contributed by atoms with E-state index in [1.54, 1.807) is 4.68 Å². The van der Waals surface area contributed by atoms with E-state index in [1.165, 1.54) is 0 Å². The third-order valence-corrected chi connectivity index (χ3v) is 4.95. The monoisotopic (exact) mass is 367 g/mol. The number of rotatable bonds is 2. The van der Waals surface area contributed by atoms with Gasteiger partial charge in [-0.2, -0.15) is 0 Å². The number of carbonyl (C=O) groups excluding carboxylic acids is 1. The quantitative estimate of drug-likeness (QED) is 0.801. The summed E-state index contributed by atoms with van der Waals surface area (Å²) < 4.78 is 48.1. The van der Waals surface area contributed by atoms with Gasteiger partial charge in [-0.05, 0) is 24.5 Å². The zero-order valence-electron chi connectivity index (χ0n) is 13.7. The smallest absolute Gasteiger partial charge is 0.270 e. The summed E-state index contributed by atoms with van der Waals surface area (Å²) in [5.41, 5.74) is -0.545. The zero-order valence-corrected chi connectivity index (χ0v) is 13.7. The van der Waals surface area contributed by atoms with Crippen LogP contribution < -0.4 is 10.9 Å². The van der Waals surface area contributed by atoms with Crippen molar-refractivity contribution in [2.75, 3.05) is 18.5 Å². The van der Waals surface area contributed by atoms with Gasteiger partial charge in [-0.3, -0.25) is 19.4 Å². The summed E-state index contributed by atoms with van der Waals surface area (Å²) in [6.45, 7) is 1.05. The number of halogens is 3. The molecular formula is C17H16F3N3O3. The van der Waals surface area contributed by atoms with Gasteiger partial charge in [-0.25, -0.2) is 13.2 Å². The lowest BCUT2D eigenvalue weighted by molar-refractivity contribution is -0.116. The Kier molecular flexibility index (Phi) is 4.10. The summed E-state index contributed by atoms with van der Waals surface area (Å²) >= 11 is 0. The van der Waals surface area contributed by atoms with Crippen LogP contribution in [0.2, 0.25) is 0 Å². The predicted molar refractivity (Wildman–Crippen MR) is 85.5 cm³/mol. The molecule has 1 atom stereocenters. The molecular weight excluding hydrogens is 351 g/mol. The SMILES string of the molecule is O=C1C[C@H](c2ccc(F)c(F)c2F)c2c(n(C3CCOCC3)[nH]c2=O)N1. The molecule has 2 aliphatic heterocycles. The van der Waals surface area contributed by atoms with Crippen molar-refractivity contribution in [1.29, 1.82) is 0 Å². The predicted octanol–water partition coefficient (Wildman–Crippen LogP) is 2.42. The van der Waals surface area contributed by atoms with Crippen LogP contribution in [0.1, 0.15) is 42.3 Å². The minimum Gasteiger partial charge on any atom is -0.381 e. The average Bonchev–Trinajstić information content (AvgIpc) is 2.96. The zero-order chi connectivity index (χ0) is 18.4. The van der Waals surface area contributed by atoms with Gasteiger partial charge in [0, 0.05) is 25.6 Å². The molecule has 9 heteroatoms. The summed E-state index contributed by atoms with van der Waals surface area (Å²) in [5.74, 6) is -5.47. The number of hydrogen-bond acceptors (Lipinski definition) is 3. The number of aromatic amines is 1. The highest BCUT2D eigenvalue weighted by atomic mass is 19.2. The molecule has 0 unspecified atom stereocenters. The van der Waals surface area contributed by atoms with Crippen molar-refractivity contribution >= 4 is 11.7 Å². The minimum atomic E-state index is -1.62. The maximum atomic E-state index is 14.3. The number of nitrogens with one attached hydrogen (secondary N) is 2. The first-order valence-corrected chi connectivity index (χ1v) is 8.32. The number of fused-ring (bicyclic) bond motifs is 1. The van der Waals surface area contributed by atoms with Crippen LogP contribution in [-0.2, 0) is 9.53 Å². The first-order chi connectivity index (χ1) is 12.5. The molecule has 1 aromatic carbocycles. The summed E-state index contributed by atoms with van der Waals surface area (Å²) in [6, 6.07) is 1.80. The highest BCUT2D eigenvalue weighted by Gasteiger charge is 2.36. The molecule has 138 valence electrons. The molecule has 2 aromatic rings. The van der Waals surface area contributed by atoms with Gasteiger partial charge in [-0.15, -0.1) is 0 Å². The van der Waals surface area contributed by atoms with Crippen LogP contribution in [0.5, 0.6) is 0 Å². The van der Waals surface area contributed by atoms with Gasteiger partial charge in [0.15, 0.2) is 17.5 Å². The molecule has 0 aliphatic carbocycles. The lowest BCUT2D eigenvalue weighted by Crippen LogP contribution is -2.29. The van der Waals surface area contributed by atoms with E-state index in [4.69, 9.17) is 4.74 Å². The summed E-state index contributed by atoms with van der Waals surface area (Å²) in [6.07, 6.45) is 1.07. The number of benzene rings is 1. The van der Waals surface area contributed by atoms with Gasteiger partial charge >= 0.3 is 0 Å². The standard InChI is InChI=1S/C17H16F3N3O3/c18-11-2-1-9(14(19)15(11)20)10-7-12(24)21-16-13(10)17(25)22-23(16)8-3-5-26-6-4-8/h1-2,8,10H,3-7H2,(H,21,24)(H,22,25)/t10-/m1/s1. The number of hydrogen-bond donors (Lipinski definition) is 2. The molecule has 26 heavy (non-hydrogen) atoms. The molecule has 2 N–H and O–H groups in total. The Hall–Kier alpha value is -2.55. The van der Waals surface area contributed by atoms with E-state index >= 15 is 0 Å². The number of aromatic nitrogens is 2. The van der Waals surface area contributed by atoms with Crippen molar-refractivity contribution in [3.63, 3.8) is 0 Å². The van der Waals surface area contributed by atoms with Crippen LogP contribution >= 0.6 is 0 Å². The molecule has 0 bridgehead atoms. The Morgan fingerprint density at radius 2 is 1.81 bits per heavy atom. The van der Waals surface area contributed by atoms with Crippen molar-refractivity contribution in [2.45, 2.75) is 31.2 Å². The van der Waals surface area contributed by atoms with Gasteiger partial charge < -0.3 is 10.1 Å². The van der Waals surface area contributed by atoms with Gasteiger partial charge in [0.2, 0.25) is 5.91 Å². The van der Waals surface area contributed by atoms with Crippen molar-refractivity contribution in [1.82, 2.24) is 9.78 Å². The van der Waals surface area contributed by atoms with Crippen LogP contribution in [0.3, 0.4) is 0 Å². The van der Waals surface area contributed by atoms with Crippen molar-refractivity contribution < 1.29 is 22.7 Å². The maximum absolute atomic E-state index is 14.3. The van der Waals surface area contributed by atoms with Crippen LogP contribution in [0.4, 0.5) is 19.0 Å². The summed E-state index contributed by atoms with van der Waals surface area (Å²) in [5, 5.41) is 5.34. The Labute approximate surface area is 145 Å². The number of ether oxygens (including phenoxy) is 1. The third-order valence-electron chi connectivity index (χ3n) is 4.95. The van der Waals surface area contributed by atoms with E-state index in [1.807, 2.05) is 0 Å². The first-order valence-electron chi connectivity index (χ1n) is 8.32. The average molecular weight is 367 g/mol. The van der Waals surface area contributed by atoms with Crippen LogP contribution in [0.25, 0.3) is 0 Å². The van der Waals surface area contributed by atoms with Gasteiger partial charge in [0.1, 0.15) is 5.82 Å². The van der Waals surface area contributed by atoms with Gasteiger partial charge in [0.25, 0.3) is 5.56 Å². The highest BCUT2D eigenvalue weighted by molar-refractivity contribution is 5.94. The van der Waals surface area contributed by atoms with Crippen LogP contribution in [0, 0.1) is 17.5 Å². The fourth-order valence-electron chi connectivity index (χ4n) is 3.68. The first kappa shape index (κ1) is 16.9. The Bertz CT molecular complexity index is 931. The van der Waals surface area contributed by atoms with Crippen LogP contribution in [0.15, 0.2) is 16.9 Å². The topological polar surface area (TPSA) is 76.1 Å². The van der Waals surface area contributed by atoms with Crippen LogP contribution in [-0.4, -0.2) is 28.9 Å². The van der Waals surface area contributed by atoms with E-state index in [2.05, 4.69) is 10.4 Å². The Morgan fingerprint density at radius 3 is 2.54 bits per heavy atom. The van der Waals surface area contributed by atoms with E-state index in [0.29, 0.717) is 26.1 Å². The Morgan fingerprint density at radius 1 is 1.08 bits per heavy atom. The molecule has 0 saturated carbocycles. The number of amides is 1. The number of anilines is 1. The highest BCUT2D eigenvalue weighted by Crippen LogP contribution is 2.38. The second-order valence-corrected chi connectivity index (χ2v) is 6.49. The van der Waals surface area contributed by atoms with Crippen molar-refractivity contribution in [3.05, 3.63) is 51.1 Å². The van der Waals surface area contributed by atoms with Gasteiger partial charge in [0.05, 0.1) is 11.6 Å². The normalized spacial score (nSPS) is 20.7. The van der Waals surface area contributed by atoms with E-state index in [0.717, 1.165) is 12.1 Å². The summed E-state index contributed by atoms with van der Waals surface area (Å²) in [7, 11) is 0. The van der Waals surface area contributed by atoms with E-state index in [9.17, 15) is 22.8 Å². The molecule has 0 spiro atoms. The third kappa shape index (κ3) is 2.63. The minimum absolute atomic E-state index is 0.0750. The molecule has 2 aliphatic rings. The largest absolute Gasteiger partial charge is 0.381 e. The van der Waals surface area contributed by atoms with Crippen molar-refractivity contribution in [3.8, 4) is 0 Å². The fraction of sp³-hybridized carbons (Fsp3) is 0.412. The van der Waals surface area contributed by atoms with Gasteiger partial charge in [-0.1, -0.05) is 6.07 Å².